The van der Waals surface area contributed by atoms with Gasteiger partial charge in [0.05, 0.1) is 11.1 Å². The molecule has 1 heterocycles. The highest BCUT2D eigenvalue weighted by molar-refractivity contribution is 6.14. The van der Waals surface area contributed by atoms with Crippen molar-refractivity contribution in [2.24, 2.45) is 11.7 Å². The van der Waals surface area contributed by atoms with Crippen LogP contribution in [0.5, 0.6) is 0 Å². The Morgan fingerprint density at radius 1 is 0.714 bits per heavy atom. The summed E-state index contributed by atoms with van der Waals surface area (Å²) >= 11 is 0. The van der Waals surface area contributed by atoms with Gasteiger partial charge >= 0.3 is 11.9 Å². The van der Waals surface area contributed by atoms with Crippen molar-refractivity contribution in [1.29, 1.82) is 0 Å². The summed E-state index contributed by atoms with van der Waals surface area (Å²) in [7, 11) is 0. The molecule has 3 rings (SSSR count). The van der Waals surface area contributed by atoms with Crippen LogP contribution in [0.15, 0.2) is 48.5 Å². The monoisotopic (exact) mass is 286 g/mol. The van der Waals surface area contributed by atoms with Gasteiger partial charge in [-0.3, -0.25) is 11.7 Å². The van der Waals surface area contributed by atoms with E-state index in [9.17, 15) is 9.59 Å². The number of aryl methyl sites for hydroxylation is 2. The lowest BCUT2D eigenvalue weighted by Crippen LogP contribution is -2.02. The second-order valence-corrected chi connectivity index (χ2v) is 4.31. The van der Waals surface area contributed by atoms with Crippen LogP contribution in [0.2, 0.25) is 0 Å². The van der Waals surface area contributed by atoms with Crippen LogP contribution >= 0.6 is 0 Å². The average molecular weight is 286 g/mol. The molecule has 1 aliphatic heterocycles. The van der Waals surface area contributed by atoms with Crippen LogP contribution in [0.3, 0.4) is 0 Å². The Kier molecular flexibility index (Phi) is 6.26. The second-order valence-electron chi connectivity index (χ2n) is 4.31. The van der Waals surface area contributed by atoms with Crippen molar-refractivity contribution in [3.05, 3.63) is 70.8 Å². The zero-order chi connectivity index (χ0) is 15.8. The van der Waals surface area contributed by atoms with Crippen molar-refractivity contribution in [3.8, 4) is 0 Å². The van der Waals surface area contributed by atoms with E-state index in [0.717, 1.165) is 0 Å². The standard InChI is InChI=1S/C8H4O3.C8H10.H4N2/c9-7-5-3-1-2-4-6(5)8(10)11-7;1-7-5-3-4-6-8(7)2;1-2/h1-4H;3-6H,1-2H3;1-2H2. The maximum absolute atomic E-state index is 10.8. The molecule has 5 heteroatoms. The highest BCUT2D eigenvalue weighted by Crippen LogP contribution is 2.18. The van der Waals surface area contributed by atoms with E-state index < -0.39 is 11.9 Å². The van der Waals surface area contributed by atoms with Crippen LogP contribution in [0.4, 0.5) is 0 Å². The maximum atomic E-state index is 10.8. The number of esters is 2. The molecule has 0 spiro atoms. The van der Waals surface area contributed by atoms with Gasteiger partial charge in [-0.1, -0.05) is 36.4 Å². The summed E-state index contributed by atoms with van der Waals surface area (Å²) in [4.78, 5) is 21.7. The zero-order valence-corrected chi connectivity index (χ0v) is 12.0. The lowest BCUT2D eigenvalue weighted by Gasteiger charge is -1.93. The van der Waals surface area contributed by atoms with E-state index in [2.05, 4.69) is 54.5 Å². The second kappa shape index (κ2) is 7.94. The highest BCUT2D eigenvalue weighted by atomic mass is 16.6. The van der Waals surface area contributed by atoms with Gasteiger partial charge in [0.2, 0.25) is 0 Å². The summed E-state index contributed by atoms with van der Waals surface area (Å²) in [6, 6.07) is 14.9. The van der Waals surface area contributed by atoms with E-state index >= 15 is 0 Å². The van der Waals surface area contributed by atoms with Crippen LogP contribution in [-0.2, 0) is 4.74 Å². The first-order valence-corrected chi connectivity index (χ1v) is 6.30. The number of carbonyl (C=O) groups is 2. The van der Waals surface area contributed by atoms with Gasteiger partial charge in [-0.15, -0.1) is 0 Å². The van der Waals surface area contributed by atoms with Crippen LogP contribution < -0.4 is 11.7 Å². The number of carbonyl (C=O) groups excluding carboxylic acids is 2. The van der Waals surface area contributed by atoms with Crippen molar-refractivity contribution in [1.82, 2.24) is 0 Å². The van der Waals surface area contributed by atoms with E-state index in [1.165, 1.54) is 11.1 Å². The minimum Gasteiger partial charge on any atom is -0.386 e. The molecule has 2 aromatic carbocycles. The summed E-state index contributed by atoms with van der Waals surface area (Å²) in [6.07, 6.45) is 0. The topological polar surface area (TPSA) is 95.4 Å². The molecule has 110 valence electrons. The number of benzene rings is 2. The lowest BCUT2D eigenvalue weighted by atomic mass is 10.1. The average Bonchev–Trinajstić information content (AvgIpc) is 2.81. The molecule has 0 bridgehead atoms. The molecule has 0 saturated carbocycles. The molecule has 0 atom stereocenters. The first-order valence-electron chi connectivity index (χ1n) is 6.30. The third-order valence-corrected chi connectivity index (χ3v) is 2.98. The van der Waals surface area contributed by atoms with Crippen molar-refractivity contribution in [2.45, 2.75) is 13.8 Å². The van der Waals surface area contributed by atoms with Crippen molar-refractivity contribution < 1.29 is 14.3 Å². The molecule has 0 saturated heterocycles. The van der Waals surface area contributed by atoms with E-state index in [0.29, 0.717) is 11.1 Å². The number of hydrogen-bond donors (Lipinski definition) is 2. The van der Waals surface area contributed by atoms with Crippen LogP contribution in [0.25, 0.3) is 0 Å². The molecular weight excluding hydrogens is 268 g/mol. The van der Waals surface area contributed by atoms with Crippen LogP contribution in [-0.4, -0.2) is 11.9 Å². The number of rotatable bonds is 0. The summed E-state index contributed by atoms with van der Waals surface area (Å²) in [5, 5.41) is 0. The predicted molar refractivity (Wildman–Crippen MR) is 80.5 cm³/mol. The number of ether oxygens (including phenoxy) is 1. The molecule has 0 amide bonds. The molecular formula is C16H18N2O3. The Labute approximate surface area is 123 Å². The van der Waals surface area contributed by atoms with Gasteiger partial charge < -0.3 is 4.74 Å². The van der Waals surface area contributed by atoms with Crippen molar-refractivity contribution in [2.75, 3.05) is 0 Å². The highest BCUT2D eigenvalue weighted by Gasteiger charge is 2.28. The number of hydrogen-bond acceptors (Lipinski definition) is 5. The van der Waals surface area contributed by atoms with Crippen molar-refractivity contribution >= 4 is 11.9 Å². The van der Waals surface area contributed by atoms with Gasteiger partial charge in [0, 0.05) is 0 Å². The van der Waals surface area contributed by atoms with Crippen LogP contribution in [0.1, 0.15) is 31.8 Å². The Morgan fingerprint density at radius 2 is 1.05 bits per heavy atom. The van der Waals surface area contributed by atoms with Crippen LogP contribution in [0, 0.1) is 13.8 Å². The Hall–Kier alpha value is -2.50. The number of hydrazine groups is 1. The molecule has 4 N–H and O–H groups in total. The smallest absolute Gasteiger partial charge is 0.346 e. The van der Waals surface area contributed by atoms with E-state index in [-0.39, 0.29) is 0 Å². The maximum Gasteiger partial charge on any atom is 0.346 e. The van der Waals surface area contributed by atoms with E-state index in [4.69, 9.17) is 0 Å². The number of fused-ring (bicyclic) bond motifs is 1. The molecule has 2 aromatic rings. The largest absolute Gasteiger partial charge is 0.386 e. The molecule has 0 aliphatic carbocycles. The zero-order valence-electron chi connectivity index (χ0n) is 12.0. The normalized spacial score (nSPS) is 11.4. The van der Waals surface area contributed by atoms with E-state index in [1.54, 1.807) is 24.3 Å². The minimum atomic E-state index is -0.550. The Morgan fingerprint density at radius 3 is 1.38 bits per heavy atom. The molecule has 5 nitrogen and oxygen atoms in total. The molecule has 21 heavy (non-hydrogen) atoms. The molecule has 0 aromatic heterocycles. The number of cyclic esters (lactones) is 2. The van der Waals surface area contributed by atoms with Gasteiger partial charge in [0.15, 0.2) is 0 Å². The number of nitrogens with two attached hydrogens (primary N) is 2. The van der Waals surface area contributed by atoms with E-state index in [1.807, 2.05) is 0 Å². The molecule has 0 unspecified atom stereocenters. The quantitative estimate of drug-likeness (QED) is 0.335. The molecule has 1 aliphatic rings. The SMILES string of the molecule is Cc1ccccc1C.NN.O=C1OC(=O)c2ccccc21. The van der Waals surface area contributed by atoms with Gasteiger partial charge in [0.1, 0.15) is 0 Å². The summed E-state index contributed by atoms with van der Waals surface area (Å²) in [5.74, 6) is 6.90. The Balaban J connectivity index is 0.000000196. The van der Waals surface area contributed by atoms with Crippen molar-refractivity contribution in [3.63, 3.8) is 0 Å². The first-order chi connectivity index (χ1) is 10.1. The summed E-state index contributed by atoms with van der Waals surface area (Å²) in [6.45, 7) is 4.24. The summed E-state index contributed by atoms with van der Waals surface area (Å²) in [5.41, 5.74) is 3.45. The van der Waals surface area contributed by atoms with Gasteiger partial charge in [-0.25, -0.2) is 9.59 Å². The van der Waals surface area contributed by atoms with Gasteiger partial charge in [-0.2, -0.15) is 0 Å². The molecule has 0 radical (unpaired) electrons. The lowest BCUT2D eigenvalue weighted by molar-refractivity contribution is 0.0444. The molecule has 0 fully saturated rings. The van der Waals surface area contributed by atoms with Gasteiger partial charge in [-0.05, 0) is 37.1 Å². The predicted octanol–water partition coefficient (Wildman–Crippen LogP) is 2.12. The third kappa shape index (κ3) is 4.24. The fraction of sp³-hybridized carbons (Fsp3) is 0.125. The first kappa shape index (κ1) is 16.6. The van der Waals surface area contributed by atoms with Gasteiger partial charge in [0.25, 0.3) is 0 Å². The fourth-order valence-corrected chi connectivity index (χ4v) is 1.70. The minimum absolute atomic E-state index is 0.359. The third-order valence-electron chi connectivity index (χ3n) is 2.98. The Bertz CT molecular complexity index is 585. The summed E-state index contributed by atoms with van der Waals surface area (Å²) < 4.78 is 4.35. The fourth-order valence-electron chi connectivity index (χ4n) is 1.70.